The van der Waals surface area contributed by atoms with E-state index < -0.39 is 5.91 Å². The van der Waals surface area contributed by atoms with Gasteiger partial charge >= 0.3 is 0 Å². The zero-order chi connectivity index (χ0) is 18.8. The van der Waals surface area contributed by atoms with E-state index in [1.54, 1.807) is 23.0 Å². The first-order chi connectivity index (χ1) is 13.1. The Hall–Kier alpha value is -4.01. The molecule has 0 saturated heterocycles. The van der Waals surface area contributed by atoms with E-state index >= 15 is 0 Å². The van der Waals surface area contributed by atoms with Gasteiger partial charge in [0.2, 0.25) is 0 Å². The van der Waals surface area contributed by atoms with Crippen molar-refractivity contribution in [3.8, 4) is 11.4 Å². The smallest absolute Gasteiger partial charge is 0.269 e. The van der Waals surface area contributed by atoms with E-state index in [9.17, 15) is 14.3 Å². The van der Waals surface area contributed by atoms with Gasteiger partial charge in [-0.15, -0.1) is 0 Å². The summed E-state index contributed by atoms with van der Waals surface area (Å²) in [6.07, 6.45) is 2.88. The van der Waals surface area contributed by atoms with Crippen molar-refractivity contribution in [3.05, 3.63) is 72.4 Å². The Morgan fingerprint density at radius 1 is 1.04 bits per heavy atom. The van der Waals surface area contributed by atoms with Gasteiger partial charge in [-0.2, -0.15) is 5.10 Å². The summed E-state index contributed by atoms with van der Waals surface area (Å²) in [6, 6.07) is 11.7. The highest BCUT2D eigenvalue weighted by atomic mass is 19.1. The molecule has 0 radical (unpaired) electrons. The zero-order valence-electron chi connectivity index (χ0n) is 13.8. The summed E-state index contributed by atoms with van der Waals surface area (Å²) in [6.45, 7) is 0. The van der Waals surface area contributed by atoms with E-state index in [1.165, 1.54) is 42.7 Å². The zero-order valence-corrected chi connectivity index (χ0v) is 13.8. The number of benzene rings is 2. The van der Waals surface area contributed by atoms with E-state index in [0.717, 1.165) is 0 Å². The molecule has 0 aliphatic carbocycles. The van der Waals surface area contributed by atoms with Crippen LogP contribution >= 0.6 is 0 Å². The number of nitrogens with zero attached hydrogens (tertiary/aromatic N) is 4. The first-order valence-electron chi connectivity index (χ1n) is 7.92. The summed E-state index contributed by atoms with van der Waals surface area (Å²) in [5, 5.41) is 14.1. The van der Waals surface area contributed by atoms with Crippen LogP contribution in [0.25, 0.3) is 16.7 Å². The number of carbonyl (C=O) groups is 1. The summed E-state index contributed by atoms with van der Waals surface area (Å²) >= 11 is 0. The second kappa shape index (κ2) is 6.71. The normalized spacial score (nSPS) is 10.7. The molecule has 1 amide bonds. The van der Waals surface area contributed by atoms with Crippen molar-refractivity contribution in [2.45, 2.75) is 0 Å². The number of hydrazine groups is 1. The summed E-state index contributed by atoms with van der Waals surface area (Å²) in [5.74, 6) is -0.303. The predicted octanol–water partition coefficient (Wildman–Crippen LogP) is 2.42. The number of hydrogen-bond donors (Lipinski definition) is 3. The molecule has 4 aromatic rings. The van der Waals surface area contributed by atoms with Crippen LogP contribution in [0.15, 0.2) is 61.1 Å². The molecule has 0 atom stereocenters. The second-order valence-corrected chi connectivity index (χ2v) is 5.62. The Morgan fingerprint density at radius 2 is 1.78 bits per heavy atom. The number of fused-ring (bicyclic) bond motifs is 1. The van der Waals surface area contributed by atoms with E-state index in [0.29, 0.717) is 28.1 Å². The van der Waals surface area contributed by atoms with Gasteiger partial charge in [0.1, 0.15) is 17.9 Å². The lowest BCUT2D eigenvalue weighted by Gasteiger charge is -2.09. The quantitative estimate of drug-likeness (QED) is 0.480. The number of carbonyl (C=O) groups excluding carboxylic acids is 1. The first kappa shape index (κ1) is 16.5. The molecule has 2 aromatic heterocycles. The van der Waals surface area contributed by atoms with Gasteiger partial charge in [-0.3, -0.25) is 15.6 Å². The van der Waals surface area contributed by atoms with Crippen LogP contribution in [0, 0.1) is 5.82 Å². The number of aromatic hydroxyl groups is 1. The maximum Gasteiger partial charge on any atom is 0.269 e. The van der Waals surface area contributed by atoms with Crippen molar-refractivity contribution < 1.29 is 14.3 Å². The molecular weight excluding hydrogens is 351 g/mol. The molecule has 0 spiro atoms. The Labute approximate surface area is 152 Å². The third-order valence-electron chi connectivity index (χ3n) is 3.86. The van der Waals surface area contributed by atoms with Gasteiger partial charge in [0.05, 0.1) is 17.3 Å². The van der Waals surface area contributed by atoms with Gasteiger partial charge in [0.25, 0.3) is 5.91 Å². The number of anilines is 1. The number of hydrogen-bond acceptors (Lipinski definition) is 6. The van der Waals surface area contributed by atoms with Gasteiger partial charge < -0.3 is 5.11 Å². The molecule has 0 aliphatic heterocycles. The minimum atomic E-state index is -0.396. The van der Waals surface area contributed by atoms with Crippen molar-refractivity contribution >= 4 is 22.8 Å². The lowest BCUT2D eigenvalue weighted by atomic mass is 10.2. The molecule has 2 aromatic carbocycles. The number of phenolic OH excluding ortho intramolecular Hbond substituents is 1. The molecular formula is C18H13FN6O2. The third kappa shape index (κ3) is 3.25. The van der Waals surface area contributed by atoms with Crippen LogP contribution in [0.1, 0.15) is 10.4 Å². The van der Waals surface area contributed by atoms with Crippen LogP contribution in [-0.4, -0.2) is 30.8 Å². The van der Waals surface area contributed by atoms with Crippen molar-refractivity contribution in [2.75, 3.05) is 5.43 Å². The Morgan fingerprint density at radius 3 is 2.52 bits per heavy atom. The number of amides is 1. The molecule has 0 aliphatic rings. The van der Waals surface area contributed by atoms with E-state index in [1.807, 2.05) is 0 Å². The molecule has 3 N–H and O–H groups in total. The van der Waals surface area contributed by atoms with E-state index in [-0.39, 0.29) is 11.6 Å². The van der Waals surface area contributed by atoms with Crippen molar-refractivity contribution in [3.63, 3.8) is 0 Å². The average Bonchev–Trinajstić information content (AvgIpc) is 3.12. The van der Waals surface area contributed by atoms with Gasteiger partial charge in [0.15, 0.2) is 11.5 Å². The van der Waals surface area contributed by atoms with Gasteiger partial charge in [-0.25, -0.2) is 19.0 Å². The molecule has 4 rings (SSSR count). The van der Waals surface area contributed by atoms with Crippen LogP contribution < -0.4 is 10.9 Å². The molecule has 2 heterocycles. The highest BCUT2D eigenvalue weighted by Gasteiger charge is 2.12. The molecule has 9 heteroatoms. The molecule has 0 fully saturated rings. The van der Waals surface area contributed by atoms with Crippen molar-refractivity contribution in [1.82, 2.24) is 25.2 Å². The van der Waals surface area contributed by atoms with Crippen molar-refractivity contribution in [2.24, 2.45) is 0 Å². The first-order valence-corrected chi connectivity index (χ1v) is 7.92. The number of aromatic nitrogens is 4. The highest BCUT2D eigenvalue weighted by Crippen LogP contribution is 2.21. The SMILES string of the molecule is O=C(NNc1ncnc2c1cnn2-c1ccc(F)cc1)c1ccc(O)cc1. The standard InChI is InChI=1S/C18H13FN6O2/c19-12-3-5-13(6-4-12)25-17-15(9-22-25)16(20-10-21-17)23-24-18(27)11-1-7-14(26)8-2-11/h1-10,26H,(H,24,27)(H,20,21,23). The minimum Gasteiger partial charge on any atom is -0.508 e. The van der Waals surface area contributed by atoms with Crippen LogP contribution in [0.2, 0.25) is 0 Å². The fraction of sp³-hybridized carbons (Fsp3) is 0. The lowest BCUT2D eigenvalue weighted by molar-refractivity contribution is 0.0962. The summed E-state index contributed by atoms with van der Waals surface area (Å²) in [4.78, 5) is 20.5. The number of nitrogens with one attached hydrogen (secondary N) is 2. The second-order valence-electron chi connectivity index (χ2n) is 5.62. The van der Waals surface area contributed by atoms with Crippen LogP contribution in [0.4, 0.5) is 10.2 Å². The third-order valence-corrected chi connectivity index (χ3v) is 3.86. The van der Waals surface area contributed by atoms with Crippen LogP contribution in [-0.2, 0) is 0 Å². The topological polar surface area (TPSA) is 105 Å². The lowest BCUT2D eigenvalue weighted by Crippen LogP contribution is -2.29. The van der Waals surface area contributed by atoms with E-state index in [4.69, 9.17) is 0 Å². The molecule has 134 valence electrons. The maximum absolute atomic E-state index is 13.1. The fourth-order valence-electron chi connectivity index (χ4n) is 2.52. The van der Waals surface area contributed by atoms with Crippen LogP contribution in [0.5, 0.6) is 5.75 Å². The highest BCUT2D eigenvalue weighted by molar-refractivity contribution is 5.96. The number of rotatable bonds is 4. The summed E-state index contributed by atoms with van der Waals surface area (Å²) < 4.78 is 14.7. The summed E-state index contributed by atoms with van der Waals surface area (Å²) in [5.41, 5.74) is 6.79. The number of phenols is 1. The molecule has 8 nitrogen and oxygen atoms in total. The minimum absolute atomic E-state index is 0.0743. The average molecular weight is 364 g/mol. The van der Waals surface area contributed by atoms with Gasteiger partial charge in [-0.05, 0) is 48.5 Å². The monoisotopic (exact) mass is 364 g/mol. The molecule has 0 saturated carbocycles. The maximum atomic E-state index is 13.1. The predicted molar refractivity (Wildman–Crippen MR) is 95.8 cm³/mol. The number of halogens is 1. The largest absolute Gasteiger partial charge is 0.508 e. The van der Waals surface area contributed by atoms with Gasteiger partial charge in [-0.1, -0.05) is 0 Å². The Bertz CT molecular complexity index is 1110. The molecule has 27 heavy (non-hydrogen) atoms. The summed E-state index contributed by atoms with van der Waals surface area (Å²) in [7, 11) is 0. The fourth-order valence-corrected chi connectivity index (χ4v) is 2.52. The van der Waals surface area contributed by atoms with Crippen LogP contribution in [0.3, 0.4) is 0 Å². The Kier molecular flexibility index (Phi) is 4.09. The molecule has 0 bridgehead atoms. The molecule has 0 unspecified atom stereocenters. The Balaban J connectivity index is 1.58. The van der Waals surface area contributed by atoms with Crippen molar-refractivity contribution in [1.29, 1.82) is 0 Å². The van der Waals surface area contributed by atoms with E-state index in [2.05, 4.69) is 25.9 Å². The van der Waals surface area contributed by atoms with Gasteiger partial charge in [0, 0.05) is 5.56 Å².